The average molecular weight is 515 g/mol. The fourth-order valence-corrected chi connectivity index (χ4v) is 3.80. The molecule has 1 aromatic carbocycles. The van der Waals surface area contributed by atoms with Crippen LogP contribution in [0.3, 0.4) is 0 Å². The van der Waals surface area contributed by atoms with Crippen LogP contribution in [0, 0.1) is 0 Å². The van der Waals surface area contributed by atoms with Gasteiger partial charge in [-0.15, -0.1) is 0 Å². The number of aliphatic hydroxyl groups is 3. The number of nitrogens with two attached hydrogens (primary N) is 1. The molecule has 3 aromatic rings. The van der Waals surface area contributed by atoms with Gasteiger partial charge in [-0.3, -0.25) is 0 Å². The summed E-state index contributed by atoms with van der Waals surface area (Å²) in [6.07, 6.45) is -1.80. The van der Waals surface area contributed by atoms with Crippen molar-refractivity contribution in [2.75, 3.05) is 5.73 Å². The van der Waals surface area contributed by atoms with Crippen molar-refractivity contribution in [3.63, 3.8) is 0 Å². The first kappa shape index (κ1) is 25.6. The lowest BCUT2D eigenvalue weighted by Gasteiger charge is -2.29. The number of aromatic nitrogens is 3. The second-order valence-electron chi connectivity index (χ2n) is 7.57. The predicted octanol–water partition coefficient (Wildman–Crippen LogP) is 1.22. The SMILES string of the molecule is C[C@@]1(O)[C@@H]([C@H](O)c2ccc(Cl)c(Cl)c2)O[C@@H](n2ccc3c(N)ncnc32)[C@@H]1O.O=C(O)C(=O)O. The van der Waals surface area contributed by atoms with Crippen molar-refractivity contribution in [3.05, 3.63) is 52.4 Å². The minimum absolute atomic E-state index is 0.261. The summed E-state index contributed by atoms with van der Waals surface area (Å²) in [5, 5.41) is 48.4. The molecule has 0 bridgehead atoms. The number of ether oxygens (including phenoxy) is 1. The summed E-state index contributed by atoms with van der Waals surface area (Å²) in [5.41, 5.74) is 4.94. The molecular weight excluding hydrogens is 495 g/mol. The Morgan fingerprint density at radius 2 is 1.82 bits per heavy atom. The van der Waals surface area contributed by atoms with E-state index in [2.05, 4.69) is 9.97 Å². The Balaban J connectivity index is 0.000000481. The molecule has 1 aliphatic rings. The third-order valence-corrected chi connectivity index (χ3v) is 6.04. The number of fused-ring (bicyclic) bond motifs is 1. The molecule has 34 heavy (non-hydrogen) atoms. The van der Waals surface area contributed by atoms with Crippen LogP contribution in [-0.4, -0.2) is 69.8 Å². The lowest BCUT2D eigenvalue weighted by molar-refractivity contribution is -0.159. The van der Waals surface area contributed by atoms with Gasteiger partial charge in [-0.05, 0) is 30.7 Å². The van der Waals surface area contributed by atoms with Crippen LogP contribution in [0.25, 0.3) is 11.0 Å². The van der Waals surface area contributed by atoms with Crippen LogP contribution in [0.2, 0.25) is 10.0 Å². The second kappa shape index (κ2) is 9.70. The molecule has 3 heterocycles. The van der Waals surface area contributed by atoms with Crippen molar-refractivity contribution in [1.82, 2.24) is 14.5 Å². The van der Waals surface area contributed by atoms with Crippen molar-refractivity contribution in [2.45, 2.75) is 37.1 Å². The van der Waals surface area contributed by atoms with Gasteiger partial charge in [-0.1, -0.05) is 29.3 Å². The normalized spacial score (nSPS) is 24.9. The summed E-state index contributed by atoms with van der Waals surface area (Å²) in [5.74, 6) is -3.36. The Kier molecular flexibility index (Phi) is 7.31. The Morgan fingerprint density at radius 3 is 2.41 bits per heavy atom. The number of halogens is 2. The summed E-state index contributed by atoms with van der Waals surface area (Å²) in [6, 6.07) is 6.31. The number of carboxylic acids is 2. The number of hydrogen-bond acceptors (Lipinski definition) is 9. The molecule has 0 spiro atoms. The number of nitrogen functional groups attached to an aromatic ring is 1. The second-order valence-corrected chi connectivity index (χ2v) is 8.38. The van der Waals surface area contributed by atoms with Crippen LogP contribution in [-0.2, 0) is 14.3 Å². The van der Waals surface area contributed by atoms with Crippen LogP contribution in [0.4, 0.5) is 5.82 Å². The lowest BCUT2D eigenvalue weighted by Crippen LogP contribution is -2.47. The smallest absolute Gasteiger partial charge is 0.414 e. The molecule has 4 rings (SSSR count). The van der Waals surface area contributed by atoms with E-state index in [4.69, 9.17) is 53.5 Å². The number of rotatable bonds is 3. The number of aliphatic carboxylic acids is 2. The molecule has 0 radical (unpaired) electrons. The Labute approximate surface area is 201 Å². The number of nitrogens with zero attached hydrogens (tertiary/aromatic N) is 3. The molecule has 0 unspecified atom stereocenters. The van der Waals surface area contributed by atoms with E-state index in [0.29, 0.717) is 21.6 Å². The van der Waals surface area contributed by atoms with Crippen LogP contribution in [0.1, 0.15) is 24.8 Å². The molecule has 182 valence electrons. The zero-order valence-corrected chi connectivity index (χ0v) is 18.9. The Morgan fingerprint density at radius 1 is 1.18 bits per heavy atom. The minimum Gasteiger partial charge on any atom is -0.473 e. The van der Waals surface area contributed by atoms with E-state index in [1.54, 1.807) is 29.0 Å². The van der Waals surface area contributed by atoms with Gasteiger partial charge >= 0.3 is 11.9 Å². The number of carbonyl (C=O) groups is 2. The monoisotopic (exact) mass is 514 g/mol. The average Bonchev–Trinajstić information content (AvgIpc) is 3.30. The summed E-state index contributed by atoms with van der Waals surface area (Å²) < 4.78 is 7.45. The third kappa shape index (κ3) is 4.78. The molecule has 0 aliphatic carbocycles. The molecular formula is C20H20Cl2N4O8. The Bertz CT molecular complexity index is 1220. The van der Waals surface area contributed by atoms with Crippen LogP contribution < -0.4 is 5.73 Å². The van der Waals surface area contributed by atoms with Gasteiger partial charge in [0.05, 0.1) is 15.4 Å². The maximum absolute atomic E-state index is 10.9. The maximum atomic E-state index is 10.9. The van der Waals surface area contributed by atoms with Crippen molar-refractivity contribution < 1.29 is 39.9 Å². The quantitative estimate of drug-likeness (QED) is 0.274. The van der Waals surface area contributed by atoms with Crippen LogP contribution >= 0.6 is 23.2 Å². The summed E-state index contributed by atoms with van der Waals surface area (Å²) in [7, 11) is 0. The van der Waals surface area contributed by atoms with E-state index in [0.717, 1.165) is 0 Å². The van der Waals surface area contributed by atoms with Crippen LogP contribution in [0.5, 0.6) is 0 Å². The molecule has 1 fully saturated rings. The lowest BCUT2D eigenvalue weighted by atomic mass is 9.88. The van der Waals surface area contributed by atoms with Gasteiger partial charge in [0.1, 0.15) is 41.7 Å². The molecule has 2 aromatic heterocycles. The largest absolute Gasteiger partial charge is 0.473 e. The molecule has 1 saturated heterocycles. The van der Waals surface area contributed by atoms with Gasteiger partial charge in [-0.25, -0.2) is 19.6 Å². The Hall–Kier alpha value is -3.00. The zero-order chi connectivity index (χ0) is 25.4. The highest BCUT2D eigenvalue weighted by molar-refractivity contribution is 6.42. The molecule has 14 heteroatoms. The van der Waals surface area contributed by atoms with Crippen molar-refractivity contribution >= 4 is 52.0 Å². The summed E-state index contributed by atoms with van der Waals surface area (Å²) in [6.45, 7) is 1.40. The van der Waals surface area contributed by atoms with Gasteiger partial charge < -0.3 is 40.6 Å². The number of hydrogen-bond donors (Lipinski definition) is 6. The molecule has 0 amide bonds. The maximum Gasteiger partial charge on any atom is 0.414 e. The highest BCUT2D eigenvalue weighted by Crippen LogP contribution is 2.44. The van der Waals surface area contributed by atoms with Crippen LogP contribution in [0.15, 0.2) is 36.8 Å². The fraction of sp³-hybridized carbons (Fsp3) is 0.300. The van der Waals surface area contributed by atoms with E-state index in [1.165, 1.54) is 19.3 Å². The van der Waals surface area contributed by atoms with Crippen molar-refractivity contribution in [3.8, 4) is 0 Å². The van der Waals surface area contributed by atoms with E-state index in [1.807, 2.05) is 0 Å². The summed E-state index contributed by atoms with van der Waals surface area (Å²) >= 11 is 12.0. The highest BCUT2D eigenvalue weighted by Gasteiger charge is 2.55. The zero-order valence-electron chi connectivity index (χ0n) is 17.4. The van der Waals surface area contributed by atoms with Gasteiger partial charge in [0, 0.05) is 6.20 Å². The molecule has 0 saturated carbocycles. The standard InChI is InChI=1S/C18H18Cl2N4O4.C2H2O4/c1-18(27)13(26)17(24-5-4-9-15(21)22-7-23-16(9)24)28-14(18)12(25)8-2-3-10(19)11(20)6-8;3-1(4)2(5)6/h2-7,12-14,17,25-27H,1H3,(H2,21,22,23);(H,3,4)(H,5,6)/t12-,13+,14-,17-,18+;/m1./s1. The highest BCUT2D eigenvalue weighted by atomic mass is 35.5. The minimum atomic E-state index is -1.82. The van der Waals surface area contributed by atoms with E-state index in [9.17, 15) is 15.3 Å². The number of aliphatic hydroxyl groups excluding tert-OH is 2. The third-order valence-electron chi connectivity index (χ3n) is 5.30. The molecule has 1 aliphatic heterocycles. The first-order valence-electron chi connectivity index (χ1n) is 9.58. The predicted molar refractivity (Wildman–Crippen MR) is 119 cm³/mol. The fourth-order valence-electron chi connectivity index (χ4n) is 3.50. The van der Waals surface area contributed by atoms with Gasteiger partial charge in [0.15, 0.2) is 6.23 Å². The van der Waals surface area contributed by atoms with Gasteiger partial charge in [0.2, 0.25) is 0 Å². The number of carboxylic acid groups (broad SMARTS) is 2. The van der Waals surface area contributed by atoms with E-state index in [-0.39, 0.29) is 10.8 Å². The number of benzene rings is 1. The molecule has 7 N–H and O–H groups in total. The van der Waals surface area contributed by atoms with Gasteiger partial charge in [0.25, 0.3) is 0 Å². The molecule has 12 nitrogen and oxygen atoms in total. The van der Waals surface area contributed by atoms with Crippen molar-refractivity contribution in [1.29, 1.82) is 0 Å². The first-order valence-corrected chi connectivity index (χ1v) is 10.3. The summed E-state index contributed by atoms with van der Waals surface area (Å²) in [4.78, 5) is 26.3. The van der Waals surface area contributed by atoms with Gasteiger partial charge in [-0.2, -0.15) is 0 Å². The molecule has 5 atom stereocenters. The first-order chi connectivity index (χ1) is 15.9. The number of anilines is 1. The van der Waals surface area contributed by atoms with Crippen molar-refractivity contribution in [2.24, 2.45) is 0 Å². The topological polar surface area (TPSA) is 201 Å². The van der Waals surface area contributed by atoms with E-state index < -0.39 is 42.1 Å². The van der Waals surface area contributed by atoms with E-state index >= 15 is 0 Å².